The lowest BCUT2D eigenvalue weighted by molar-refractivity contribution is -0.140. The van der Waals surface area contributed by atoms with E-state index < -0.39 is 5.91 Å². The lowest BCUT2D eigenvalue weighted by Crippen LogP contribution is -2.44. The summed E-state index contributed by atoms with van der Waals surface area (Å²) in [6.07, 6.45) is 3.62. The SMILES string of the molecule is COc1ccc(NC(=O)CNC(=O)CN(Cc2ccc(F)cc2)C(=O)C2CCCC2)cc1. The Morgan fingerprint density at radius 1 is 1.00 bits per heavy atom. The molecule has 7 nitrogen and oxygen atoms in total. The van der Waals surface area contributed by atoms with Gasteiger partial charge in [-0.3, -0.25) is 14.4 Å². The number of amides is 3. The first-order valence-electron chi connectivity index (χ1n) is 10.7. The van der Waals surface area contributed by atoms with Crippen molar-refractivity contribution in [1.29, 1.82) is 0 Å². The van der Waals surface area contributed by atoms with Crippen LogP contribution in [0.15, 0.2) is 48.5 Å². The van der Waals surface area contributed by atoms with Crippen molar-refractivity contribution < 1.29 is 23.5 Å². The molecule has 32 heavy (non-hydrogen) atoms. The summed E-state index contributed by atoms with van der Waals surface area (Å²) in [6, 6.07) is 12.7. The zero-order valence-corrected chi connectivity index (χ0v) is 18.1. The van der Waals surface area contributed by atoms with Crippen molar-refractivity contribution >= 4 is 23.4 Å². The predicted octanol–water partition coefficient (Wildman–Crippen LogP) is 3.11. The van der Waals surface area contributed by atoms with Gasteiger partial charge in [-0.25, -0.2) is 4.39 Å². The fourth-order valence-corrected chi connectivity index (χ4v) is 3.74. The normalized spacial score (nSPS) is 13.4. The second-order valence-corrected chi connectivity index (χ2v) is 7.86. The van der Waals surface area contributed by atoms with Crippen molar-refractivity contribution in [2.24, 2.45) is 5.92 Å². The van der Waals surface area contributed by atoms with Gasteiger partial charge in [0.25, 0.3) is 0 Å². The summed E-state index contributed by atoms with van der Waals surface area (Å²) < 4.78 is 18.3. The van der Waals surface area contributed by atoms with E-state index in [2.05, 4.69) is 10.6 Å². The molecular weight excluding hydrogens is 413 g/mol. The monoisotopic (exact) mass is 441 g/mol. The molecule has 1 aliphatic carbocycles. The largest absolute Gasteiger partial charge is 0.497 e. The Kier molecular flexibility index (Phi) is 8.19. The molecule has 0 saturated heterocycles. The van der Waals surface area contributed by atoms with Gasteiger partial charge in [0.1, 0.15) is 11.6 Å². The van der Waals surface area contributed by atoms with Crippen LogP contribution in [0.3, 0.4) is 0 Å². The summed E-state index contributed by atoms with van der Waals surface area (Å²) in [5, 5.41) is 5.26. The number of hydrogen-bond acceptors (Lipinski definition) is 4. The molecule has 0 heterocycles. The van der Waals surface area contributed by atoms with Crippen molar-refractivity contribution in [1.82, 2.24) is 10.2 Å². The Morgan fingerprint density at radius 3 is 2.28 bits per heavy atom. The number of hydrogen-bond donors (Lipinski definition) is 2. The summed E-state index contributed by atoms with van der Waals surface area (Å²) in [4.78, 5) is 39.1. The van der Waals surface area contributed by atoms with E-state index in [0.717, 1.165) is 31.2 Å². The van der Waals surface area contributed by atoms with Crippen molar-refractivity contribution in [3.63, 3.8) is 0 Å². The number of carbonyl (C=O) groups is 3. The molecule has 2 aromatic carbocycles. The quantitative estimate of drug-likeness (QED) is 0.626. The van der Waals surface area contributed by atoms with Crippen LogP contribution in [0.4, 0.5) is 10.1 Å². The molecule has 0 bridgehead atoms. The Balaban J connectivity index is 1.55. The van der Waals surface area contributed by atoms with Crippen LogP contribution in [0, 0.1) is 11.7 Å². The molecule has 0 radical (unpaired) electrons. The van der Waals surface area contributed by atoms with Crippen molar-refractivity contribution in [2.45, 2.75) is 32.2 Å². The third-order valence-electron chi connectivity index (χ3n) is 5.46. The van der Waals surface area contributed by atoms with E-state index in [0.29, 0.717) is 11.4 Å². The number of halogens is 1. The van der Waals surface area contributed by atoms with Crippen molar-refractivity contribution in [2.75, 3.05) is 25.5 Å². The molecular formula is C24H28FN3O4. The molecule has 0 aromatic heterocycles. The summed E-state index contributed by atoms with van der Waals surface area (Å²) >= 11 is 0. The van der Waals surface area contributed by atoms with Crippen LogP contribution in [0.2, 0.25) is 0 Å². The maximum atomic E-state index is 13.2. The van der Waals surface area contributed by atoms with E-state index >= 15 is 0 Å². The number of ether oxygens (including phenoxy) is 1. The number of nitrogens with zero attached hydrogens (tertiary/aromatic N) is 1. The number of rotatable bonds is 9. The first-order valence-corrected chi connectivity index (χ1v) is 10.7. The second kappa shape index (κ2) is 11.3. The van der Waals surface area contributed by atoms with Gasteiger partial charge in [0.2, 0.25) is 17.7 Å². The van der Waals surface area contributed by atoms with Gasteiger partial charge < -0.3 is 20.3 Å². The van der Waals surface area contributed by atoms with E-state index in [-0.39, 0.29) is 43.2 Å². The van der Waals surface area contributed by atoms with Crippen LogP contribution in [0.5, 0.6) is 5.75 Å². The number of nitrogens with one attached hydrogen (secondary N) is 2. The molecule has 0 unspecified atom stereocenters. The van der Waals surface area contributed by atoms with E-state index in [1.807, 2.05) is 0 Å². The Labute approximate surface area is 186 Å². The first-order chi connectivity index (χ1) is 15.4. The lowest BCUT2D eigenvalue weighted by atomic mass is 10.1. The first kappa shape index (κ1) is 23.2. The van der Waals surface area contributed by atoms with E-state index in [1.54, 1.807) is 43.5 Å². The Bertz CT molecular complexity index is 925. The van der Waals surface area contributed by atoms with Gasteiger partial charge in [0.15, 0.2) is 0 Å². The second-order valence-electron chi connectivity index (χ2n) is 7.86. The molecule has 0 spiro atoms. The summed E-state index contributed by atoms with van der Waals surface area (Å²) in [6.45, 7) is -0.170. The summed E-state index contributed by atoms with van der Waals surface area (Å²) in [5.41, 5.74) is 1.32. The Morgan fingerprint density at radius 2 is 1.66 bits per heavy atom. The molecule has 2 aromatic rings. The van der Waals surface area contributed by atoms with Gasteiger partial charge in [-0.1, -0.05) is 25.0 Å². The van der Waals surface area contributed by atoms with Crippen LogP contribution < -0.4 is 15.4 Å². The summed E-state index contributed by atoms with van der Waals surface area (Å²) in [7, 11) is 1.56. The molecule has 1 saturated carbocycles. The number of anilines is 1. The topological polar surface area (TPSA) is 87.7 Å². The molecule has 1 aliphatic rings. The van der Waals surface area contributed by atoms with Crippen LogP contribution >= 0.6 is 0 Å². The van der Waals surface area contributed by atoms with Gasteiger partial charge >= 0.3 is 0 Å². The van der Waals surface area contributed by atoms with Crippen LogP contribution in [0.25, 0.3) is 0 Å². The highest BCUT2D eigenvalue weighted by molar-refractivity contribution is 5.95. The number of methoxy groups -OCH3 is 1. The Hall–Kier alpha value is -3.42. The minimum atomic E-state index is -0.427. The highest BCUT2D eigenvalue weighted by atomic mass is 19.1. The zero-order valence-electron chi connectivity index (χ0n) is 18.1. The van der Waals surface area contributed by atoms with Gasteiger partial charge in [-0.2, -0.15) is 0 Å². The van der Waals surface area contributed by atoms with Crippen LogP contribution in [-0.2, 0) is 20.9 Å². The molecule has 8 heteroatoms. The van der Waals surface area contributed by atoms with E-state index in [9.17, 15) is 18.8 Å². The smallest absolute Gasteiger partial charge is 0.243 e. The maximum absolute atomic E-state index is 13.2. The minimum absolute atomic E-state index is 0.0790. The molecule has 170 valence electrons. The molecule has 3 rings (SSSR count). The third kappa shape index (κ3) is 6.80. The van der Waals surface area contributed by atoms with E-state index in [1.165, 1.54) is 17.0 Å². The van der Waals surface area contributed by atoms with E-state index in [4.69, 9.17) is 4.74 Å². The standard InChI is InChI=1S/C24H28FN3O4/c1-32-21-12-10-20(11-13-21)27-22(29)14-26-23(30)16-28(24(31)18-4-2-3-5-18)15-17-6-8-19(25)9-7-17/h6-13,18H,2-5,14-16H2,1H3,(H,26,30)(H,27,29). The fraction of sp³-hybridized carbons (Fsp3) is 0.375. The predicted molar refractivity (Wildman–Crippen MR) is 118 cm³/mol. The highest BCUT2D eigenvalue weighted by Gasteiger charge is 2.28. The highest BCUT2D eigenvalue weighted by Crippen LogP contribution is 2.27. The third-order valence-corrected chi connectivity index (χ3v) is 5.46. The summed E-state index contributed by atoms with van der Waals surface area (Å²) in [5.74, 6) is -0.669. The van der Waals surface area contributed by atoms with Crippen molar-refractivity contribution in [3.8, 4) is 5.75 Å². The molecule has 2 N–H and O–H groups in total. The maximum Gasteiger partial charge on any atom is 0.243 e. The van der Waals surface area contributed by atoms with Crippen LogP contribution in [-0.4, -0.2) is 42.8 Å². The molecule has 0 aliphatic heterocycles. The van der Waals surface area contributed by atoms with Crippen LogP contribution in [0.1, 0.15) is 31.2 Å². The van der Waals surface area contributed by atoms with Gasteiger partial charge in [0.05, 0.1) is 20.2 Å². The van der Waals surface area contributed by atoms with Gasteiger partial charge in [-0.05, 0) is 54.8 Å². The lowest BCUT2D eigenvalue weighted by Gasteiger charge is -2.25. The average molecular weight is 442 g/mol. The van der Waals surface area contributed by atoms with Gasteiger partial charge in [-0.15, -0.1) is 0 Å². The fourth-order valence-electron chi connectivity index (χ4n) is 3.74. The molecule has 1 fully saturated rings. The molecule has 0 atom stereocenters. The minimum Gasteiger partial charge on any atom is -0.497 e. The zero-order chi connectivity index (χ0) is 22.9. The van der Waals surface area contributed by atoms with Crippen molar-refractivity contribution in [3.05, 3.63) is 59.9 Å². The van der Waals surface area contributed by atoms with Gasteiger partial charge in [0, 0.05) is 18.2 Å². The number of benzene rings is 2. The number of carbonyl (C=O) groups excluding carboxylic acids is 3. The molecule has 3 amide bonds. The average Bonchev–Trinajstić information content (AvgIpc) is 3.34.